The summed E-state index contributed by atoms with van der Waals surface area (Å²) in [4.78, 5) is 4.50. The van der Waals surface area contributed by atoms with Gasteiger partial charge in [0.1, 0.15) is 5.75 Å². The first-order valence-electron chi connectivity index (χ1n) is 6.25. The molecule has 1 aromatic carbocycles. The maximum Gasteiger partial charge on any atom is 0.119 e. The first-order chi connectivity index (χ1) is 9.63. The SMILES string of the molecule is CNC(Cc1cccc(OC)c1)c1ncc(Br)cc1Br. The minimum Gasteiger partial charge on any atom is -0.497 e. The zero-order valence-electron chi connectivity index (χ0n) is 11.4. The van der Waals surface area contributed by atoms with E-state index in [4.69, 9.17) is 4.74 Å². The van der Waals surface area contributed by atoms with Crippen LogP contribution in [-0.2, 0) is 6.42 Å². The van der Waals surface area contributed by atoms with E-state index < -0.39 is 0 Å². The summed E-state index contributed by atoms with van der Waals surface area (Å²) in [6, 6.07) is 10.3. The first-order valence-corrected chi connectivity index (χ1v) is 7.83. The van der Waals surface area contributed by atoms with Gasteiger partial charge in [-0.25, -0.2) is 0 Å². The second-order valence-corrected chi connectivity index (χ2v) is 6.19. The van der Waals surface area contributed by atoms with E-state index in [1.165, 1.54) is 5.56 Å². The Bertz CT molecular complexity index is 590. The summed E-state index contributed by atoms with van der Waals surface area (Å²) >= 11 is 7.00. The molecule has 1 N–H and O–H groups in total. The molecule has 0 fully saturated rings. The summed E-state index contributed by atoms with van der Waals surface area (Å²) in [5.41, 5.74) is 2.21. The maximum atomic E-state index is 5.26. The number of nitrogens with zero attached hydrogens (tertiary/aromatic N) is 1. The van der Waals surface area contributed by atoms with Gasteiger partial charge in [0.25, 0.3) is 0 Å². The zero-order chi connectivity index (χ0) is 14.5. The number of hydrogen-bond donors (Lipinski definition) is 1. The fraction of sp³-hybridized carbons (Fsp3) is 0.267. The molecule has 1 heterocycles. The Kier molecular flexibility index (Phi) is 5.57. The van der Waals surface area contributed by atoms with Gasteiger partial charge in [0.15, 0.2) is 0 Å². The highest BCUT2D eigenvalue weighted by Crippen LogP contribution is 2.27. The number of benzene rings is 1. The summed E-state index contributed by atoms with van der Waals surface area (Å²) in [5.74, 6) is 0.875. The molecule has 1 unspecified atom stereocenters. The first kappa shape index (κ1) is 15.5. The number of methoxy groups -OCH3 is 1. The van der Waals surface area contributed by atoms with Crippen molar-refractivity contribution in [2.75, 3.05) is 14.2 Å². The fourth-order valence-electron chi connectivity index (χ4n) is 2.05. The fourth-order valence-corrected chi connectivity index (χ4v) is 3.32. The van der Waals surface area contributed by atoms with Gasteiger partial charge in [-0.3, -0.25) is 4.98 Å². The monoisotopic (exact) mass is 398 g/mol. The molecule has 0 aliphatic carbocycles. The van der Waals surface area contributed by atoms with Crippen molar-refractivity contribution >= 4 is 31.9 Å². The third-order valence-corrected chi connectivity index (χ3v) is 4.16. The molecule has 2 rings (SSSR count). The third-order valence-electron chi connectivity index (χ3n) is 3.09. The van der Waals surface area contributed by atoms with Crippen LogP contribution in [0.4, 0.5) is 0 Å². The third kappa shape index (κ3) is 3.81. The molecule has 3 nitrogen and oxygen atoms in total. The molecule has 0 aliphatic rings. The Labute approximate surface area is 136 Å². The molecule has 5 heteroatoms. The molecule has 0 amide bonds. The van der Waals surface area contributed by atoms with Gasteiger partial charge in [0, 0.05) is 15.1 Å². The maximum absolute atomic E-state index is 5.26. The van der Waals surface area contributed by atoms with Crippen molar-refractivity contribution in [2.45, 2.75) is 12.5 Å². The summed E-state index contributed by atoms with van der Waals surface area (Å²) in [6.07, 6.45) is 2.66. The van der Waals surface area contributed by atoms with Gasteiger partial charge < -0.3 is 10.1 Å². The number of likely N-dealkylation sites (N-methyl/N-ethyl adjacent to an activating group) is 1. The Morgan fingerprint density at radius 3 is 2.75 bits per heavy atom. The van der Waals surface area contributed by atoms with E-state index in [0.717, 1.165) is 26.8 Å². The summed E-state index contributed by atoms with van der Waals surface area (Å²) < 4.78 is 7.22. The summed E-state index contributed by atoms with van der Waals surface area (Å²) in [7, 11) is 3.63. The van der Waals surface area contributed by atoms with E-state index in [1.54, 1.807) is 7.11 Å². The smallest absolute Gasteiger partial charge is 0.119 e. The molecule has 0 bridgehead atoms. The van der Waals surface area contributed by atoms with Gasteiger partial charge in [0.05, 0.1) is 18.8 Å². The lowest BCUT2D eigenvalue weighted by molar-refractivity contribution is 0.414. The quantitative estimate of drug-likeness (QED) is 0.821. The Hall–Kier alpha value is -0.910. The van der Waals surface area contributed by atoms with Crippen LogP contribution >= 0.6 is 31.9 Å². The van der Waals surface area contributed by atoms with Crippen molar-refractivity contribution in [3.8, 4) is 5.75 Å². The van der Waals surface area contributed by atoms with E-state index in [1.807, 2.05) is 31.4 Å². The average molecular weight is 400 g/mol. The molecule has 1 atom stereocenters. The highest BCUT2D eigenvalue weighted by Gasteiger charge is 2.15. The number of halogens is 2. The van der Waals surface area contributed by atoms with E-state index in [9.17, 15) is 0 Å². The largest absolute Gasteiger partial charge is 0.497 e. The van der Waals surface area contributed by atoms with Crippen LogP contribution in [0.3, 0.4) is 0 Å². The number of aromatic nitrogens is 1. The Morgan fingerprint density at radius 1 is 1.30 bits per heavy atom. The lowest BCUT2D eigenvalue weighted by Gasteiger charge is -2.17. The number of nitrogens with one attached hydrogen (secondary N) is 1. The Balaban J connectivity index is 2.23. The molecule has 2 aromatic rings. The van der Waals surface area contributed by atoms with Gasteiger partial charge >= 0.3 is 0 Å². The predicted molar refractivity (Wildman–Crippen MR) is 88.1 cm³/mol. The zero-order valence-corrected chi connectivity index (χ0v) is 14.5. The van der Waals surface area contributed by atoms with Crippen LogP contribution in [0, 0.1) is 0 Å². The van der Waals surface area contributed by atoms with Crippen molar-refractivity contribution in [3.05, 3.63) is 56.7 Å². The van der Waals surface area contributed by atoms with Gasteiger partial charge in [-0.1, -0.05) is 12.1 Å². The predicted octanol–water partition coefficient (Wildman–Crippen LogP) is 4.12. The second kappa shape index (κ2) is 7.20. The molecule has 0 saturated carbocycles. The lowest BCUT2D eigenvalue weighted by Crippen LogP contribution is -2.20. The van der Waals surface area contributed by atoms with Crippen molar-refractivity contribution in [1.29, 1.82) is 0 Å². The minimum absolute atomic E-state index is 0.143. The average Bonchev–Trinajstić information content (AvgIpc) is 2.45. The normalized spacial score (nSPS) is 12.2. The number of rotatable bonds is 5. The van der Waals surface area contributed by atoms with Crippen LogP contribution in [0.1, 0.15) is 17.3 Å². The highest BCUT2D eigenvalue weighted by molar-refractivity contribution is 9.11. The van der Waals surface area contributed by atoms with Gasteiger partial charge in [-0.15, -0.1) is 0 Å². The summed E-state index contributed by atoms with van der Waals surface area (Å²) in [5, 5.41) is 3.32. The molecule has 0 radical (unpaired) electrons. The van der Waals surface area contributed by atoms with Crippen molar-refractivity contribution < 1.29 is 4.74 Å². The van der Waals surface area contributed by atoms with Crippen LogP contribution < -0.4 is 10.1 Å². The van der Waals surface area contributed by atoms with E-state index >= 15 is 0 Å². The van der Waals surface area contributed by atoms with Crippen LogP contribution in [0.5, 0.6) is 5.75 Å². The molecular weight excluding hydrogens is 384 g/mol. The molecule has 106 valence electrons. The van der Waals surface area contributed by atoms with Crippen molar-refractivity contribution in [3.63, 3.8) is 0 Å². The minimum atomic E-state index is 0.143. The highest BCUT2D eigenvalue weighted by atomic mass is 79.9. The van der Waals surface area contributed by atoms with Gasteiger partial charge in [-0.2, -0.15) is 0 Å². The van der Waals surface area contributed by atoms with Gasteiger partial charge in [0.2, 0.25) is 0 Å². The molecule has 0 aliphatic heterocycles. The van der Waals surface area contributed by atoms with Gasteiger partial charge in [-0.05, 0) is 69.1 Å². The van der Waals surface area contributed by atoms with E-state index in [-0.39, 0.29) is 6.04 Å². The van der Waals surface area contributed by atoms with Crippen LogP contribution in [0.25, 0.3) is 0 Å². The van der Waals surface area contributed by atoms with E-state index in [2.05, 4.69) is 54.3 Å². The Morgan fingerprint density at radius 2 is 2.10 bits per heavy atom. The standard InChI is InChI=1S/C15H16Br2N2O/c1-18-14(15-13(17)8-11(16)9-19-15)7-10-4-3-5-12(6-10)20-2/h3-6,8-9,14,18H,7H2,1-2H3. The van der Waals surface area contributed by atoms with Crippen LogP contribution in [0.2, 0.25) is 0 Å². The van der Waals surface area contributed by atoms with E-state index in [0.29, 0.717) is 0 Å². The lowest BCUT2D eigenvalue weighted by atomic mass is 10.0. The molecule has 1 aromatic heterocycles. The van der Waals surface area contributed by atoms with Crippen LogP contribution in [0.15, 0.2) is 45.5 Å². The molecule has 0 spiro atoms. The number of pyridine rings is 1. The number of ether oxygens (including phenoxy) is 1. The summed E-state index contributed by atoms with van der Waals surface area (Å²) in [6.45, 7) is 0. The van der Waals surface area contributed by atoms with Crippen molar-refractivity contribution in [1.82, 2.24) is 10.3 Å². The molecule has 0 saturated heterocycles. The number of hydrogen-bond acceptors (Lipinski definition) is 3. The van der Waals surface area contributed by atoms with Crippen molar-refractivity contribution in [2.24, 2.45) is 0 Å². The van der Waals surface area contributed by atoms with Crippen LogP contribution in [-0.4, -0.2) is 19.1 Å². The molecular formula is C15H16Br2N2O. The second-order valence-electron chi connectivity index (χ2n) is 4.42. The topological polar surface area (TPSA) is 34.1 Å². The molecule has 20 heavy (non-hydrogen) atoms.